The van der Waals surface area contributed by atoms with Gasteiger partial charge in [-0.05, 0) is 37.6 Å². The Morgan fingerprint density at radius 2 is 1.89 bits per heavy atom. The fourth-order valence-electron chi connectivity index (χ4n) is 1.95. The highest BCUT2D eigenvalue weighted by Gasteiger charge is 2.07. The number of hydrogen-bond acceptors (Lipinski definition) is 3. The quantitative estimate of drug-likeness (QED) is 0.897. The Morgan fingerprint density at radius 3 is 2.39 bits per heavy atom. The van der Waals surface area contributed by atoms with Crippen molar-refractivity contribution in [2.24, 2.45) is 5.73 Å². The van der Waals surface area contributed by atoms with Crippen LogP contribution in [0.25, 0.3) is 0 Å². The van der Waals surface area contributed by atoms with Crippen molar-refractivity contribution < 1.29 is 4.42 Å². The van der Waals surface area contributed by atoms with Crippen LogP contribution in [0.1, 0.15) is 29.9 Å². The lowest BCUT2D eigenvalue weighted by Gasteiger charge is -2.19. The van der Waals surface area contributed by atoms with Crippen LogP contribution in [-0.2, 0) is 6.54 Å². The lowest BCUT2D eigenvalue weighted by molar-refractivity contribution is 0.529. The lowest BCUT2D eigenvalue weighted by atomic mass is 10.1. The van der Waals surface area contributed by atoms with Gasteiger partial charge < -0.3 is 15.1 Å². The summed E-state index contributed by atoms with van der Waals surface area (Å²) in [5, 5.41) is 0. The minimum atomic E-state index is 0.0838. The van der Waals surface area contributed by atoms with Gasteiger partial charge in [0, 0.05) is 30.9 Å². The molecular formula is C15H20N2O. The maximum Gasteiger partial charge on any atom is 0.105 e. The Bertz CT molecular complexity index is 499. The minimum absolute atomic E-state index is 0.0838. The van der Waals surface area contributed by atoms with E-state index in [2.05, 4.69) is 36.2 Å². The van der Waals surface area contributed by atoms with E-state index in [4.69, 9.17) is 10.2 Å². The van der Waals surface area contributed by atoms with E-state index in [-0.39, 0.29) is 6.04 Å². The second kappa shape index (κ2) is 5.27. The molecule has 2 aromatic rings. The molecule has 1 heterocycles. The molecular weight excluding hydrogens is 224 g/mol. The summed E-state index contributed by atoms with van der Waals surface area (Å²) in [6, 6.07) is 10.5. The zero-order chi connectivity index (χ0) is 13.1. The Labute approximate surface area is 108 Å². The summed E-state index contributed by atoms with van der Waals surface area (Å²) in [6.07, 6.45) is 1.73. The zero-order valence-corrected chi connectivity index (χ0v) is 11.2. The van der Waals surface area contributed by atoms with E-state index in [0.717, 1.165) is 17.9 Å². The van der Waals surface area contributed by atoms with Crippen molar-refractivity contribution in [1.82, 2.24) is 0 Å². The standard InChI is InChI=1S/C15H20N2O/c1-11(16)13-4-6-15(7-5-13)17(3)10-14-8-9-18-12(14)2/h4-9,11H,10,16H2,1-3H3. The van der Waals surface area contributed by atoms with Crippen molar-refractivity contribution in [3.8, 4) is 0 Å². The maximum atomic E-state index is 5.84. The Morgan fingerprint density at radius 1 is 1.22 bits per heavy atom. The van der Waals surface area contributed by atoms with Gasteiger partial charge in [0.15, 0.2) is 0 Å². The van der Waals surface area contributed by atoms with E-state index in [9.17, 15) is 0 Å². The van der Waals surface area contributed by atoms with E-state index in [1.54, 1.807) is 6.26 Å². The molecule has 96 valence electrons. The van der Waals surface area contributed by atoms with Gasteiger partial charge in [0.2, 0.25) is 0 Å². The number of benzene rings is 1. The summed E-state index contributed by atoms with van der Waals surface area (Å²) in [5.74, 6) is 0.981. The second-order valence-electron chi connectivity index (χ2n) is 4.74. The average Bonchev–Trinajstić information content (AvgIpc) is 2.75. The molecule has 0 aliphatic rings. The topological polar surface area (TPSA) is 42.4 Å². The Kier molecular flexibility index (Phi) is 3.72. The Balaban J connectivity index is 2.09. The van der Waals surface area contributed by atoms with Crippen LogP contribution < -0.4 is 10.6 Å². The van der Waals surface area contributed by atoms with Crippen molar-refractivity contribution in [3.05, 3.63) is 53.5 Å². The molecule has 1 aromatic carbocycles. The summed E-state index contributed by atoms with van der Waals surface area (Å²) in [5.41, 5.74) is 9.40. The first-order chi connectivity index (χ1) is 8.58. The van der Waals surface area contributed by atoms with Crippen LogP contribution in [0, 0.1) is 6.92 Å². The fourth-order valence-corrected chi connectivity index (χ4v) is 1.95. The van der Waals surface area contributed by atoms with Crippen LogP contribution >= 0.6 is 0 Å². The molecule has 0 saturated carbocycles. The third-order valence-electron chi connectivity index (χ3n) is 3.23. The van der Waals surface area contributed by atoms with Crippen molar-refractivity contribution in [2.75, 3.05) is 11.9 Å². The molecule has 18 heavy (non-hydrogen) atoms. The first kappa shape index (κ1) is 12.7. The number of anilines is 1. The predicted molar refractivity (Wildman–Crippen MR) is 74.6 cm³/mol. The third kappa shape index (κ3) is 2.74. The summed E-state index contributed by atoms with van der Waals surface area (Å²) in [7, 11) is 2.08. The molecule has 1 unspecified atom stereocenters. The van der Waals surface area contributed by atoms with Gasteiger partial charge in [-0.15, -0.1) is 0 Å². The lowest BCUT2D eigenvalue weighted by Crippen LogP contribution is -2.16. The molecule has 0 radical (unpaired) electrons. The van der Waals surface area contributed by atoms with E-state index in [1.807, 2.05) is 19.9 Å². The van der Waals surface area contributed by atoms with Crippen molar-refractivity contribution in [2.45, 2.75) is 26.4 Å². The van der Waals surface area contributed by atoms with Gasteiger partial charge in [0.25, 0.3) is 0 Å². The predicted octanol–water partition coefficient (Wildman–Crippen LogP) is 3.24. The normalized spacial score (nSPS) is 12.4. The molecule has 0 aliphatic carbocycles. The maximum absolute atomic E-state index is 5.84. The van der Waals surface area contributed by atoms with Crippen LogP contribution in [-0.4, -0.2) is 7.05 Å². The van der Waals surface area contributed by atoms with Crippen molar-refractivity contribution in [3.63, 3.8) is 0 Å². The van der Waals surface area contributed by atoms with Gasteiger partial charge in [-0.25, -0.2) is 0 Å². The SMILES string of the molecule is Cc1occc1CN(C)c1ccc(C(C)N)cc1. The molecule has 0 saturated heterocycles. The van der Waals surface area contributed by atoms with Crippen LogP contribution in [0.4, 0.5) is 5.69 Å². The highest BCUT2D eigenvalue weighted by molar-refractivity contribution is 5.48. The van der Waals surface area contributed by atoms with Gasteiger partial charge in [-0.2, -0.15) is 0 Å². The van der Waals surface area contributed by atoms with Crippen molar-refractivity contribution >= 4 is 5.69 Å². The Hall–Kier alpha value is -1.74. The highest BCUT2D eigenvalue weighted by Crippen LogP contribution is 2.20. The van der Waals surface area contributed by atoms with Crippen molar-refractivity contribution in [1.29, 1.82) is 0 Å². The minimum Gasteiger partial charge on any atom is -0.469 e. The average molecular weight is 244 g/mol. The molecule has 1 aromatic heterocycles. The van der Waals surface area contributed by atoms with Gasteiger partial charge in [0.1, 0.15) is 5.76 Å². The summed E-state index contributed by atoms with van der Waals surface area (Å²) < 4.78 is 5.31. The number of rotatable bonds is 4. The summed E-state index contributed by atoms with van der Waals surface area (Å²) >= 11 is 0. The number of hydrogen-bond donors (Lipinski definition) is 1. The molecule has 2 rings (SSSR count). The van der Waals surface area contributed by atoms with E-state index in [1.165, 1.54) is 11.3 Å². The van der Waals surface area contributed by atoms with Crippen LogP contribution in [0.5, 0.6) is 0 Å². The van der Waals surface area contributed by atoms with E-state index in [0.29, 0.717) is 0 Å². The highest BCUT2D eigenvalue weighted by atomic mass is 16.3. The zero-order valence-electron chi connectivity index (χ0n) is 11.2. The number of nitrogens with two attached hydrogens (primary N) is 1. The molecule has 2 N–H and O–H groups in total. The van der Waals surface area contributed by atoms with Crippen LogP contribution in [0.2, 0.25) is 0 Å². The van der Waals surface area contributed by atoms with Gasteiger partial charge in [-0.1, -0.05) is 12.1 Å². The first-order valence-corrected chi connectivity index (χ1v) is 6.17. The van der Waals surface area contributed by atoms with E-state index >= 15 is 0 Å². The first-order valence-electron chi connectivity index (χ1n) is 6.17. The molecule has 0 spiro atoms. The van der Waals surface area contributed by atoms with Crippen LogP contribution in [0.15, 0.2) is 41.0 Å². The van der Waals surface area contributed by atoms with E-state index < -0.39 is 0 Å². The van der Waals surface area contributed by atoms with Crippen LogP contribution in [0.3, 0.4) is 0 Å². The largest absolute Gasteiger partial charge is 0.469 e. The third-order valence-corrected chi connectivity index (χ3v) is 3.23. The molecule has 1 atom stereocenters. The summed E-state index contributed by atoms with van der Waals surface area (Å²) in [4.78, 5) is 2.20. The van der Waals surface area contributed by atoms with Gasteiger partial charge in [0.05, 0.1) is 6.26 Å². The summed E-state index contributed by atoms with van der Waals surface area (Å²) in [6.45, 7) is 4.83. The fraction of sp³-hybridized carbons (Fsp3) is 0.333. The monoisotopic (exact) mass is 244 g/mol. The molecule has 0 aliphatic heterocycles. The number of furan rings is 1. The smallest absolute Gasteiger partial charge is 0.105 e. The molecule has 0 amide bonds. The second-order valence-corrected chi connectivity index (χ2v) is 4.74. The van der Waals surface area contributed by atoms with Gasteiger partial charge in [-0.3, -0.25) is 0 Å². The molecule has 0 fully saturated rings. The molecule has 3 nitrogen and oxygen atoms in total. The number of nitrogens with zero attached hydrogens (tertiary/aromatic N) is 1. The van der Waals surface area contributed by atoms with Gasteiger partial charge >= 0.3 is 0 Å². The number of aryl methyl sites for hydroxylation is 1. The molecule has 3 heteroatoms. The molecule has 0 bridgehead atoms.